The van der Waals surface area contributed by atoms with Gasteiger partial charge in [0.05, 0.1) is 24.9 Å². The fourth-order valence-electron chi connectivity index (χ4n) is 5.22. The minimum Gasteiger partial charge on any atom is -0.462 e. The Labute approximate surface area is 319 Å². The van der Waals surface area contributed by atoms with Crippen LogP contribution in [0, 0.1) is 0 Å². The van der Waals surface area contributed by atoms with Crippen molar-refractivity contribution in [3.63, 3.8) is 0 Å². The number of esters is 2. The van der Waals surface area contributed by atoms with Gasteiger partial charge in [0.1, 0.15) is 6.61 Å². The highest BCUT2D eigenvalue weighted by molar-refractivity contribution is 7.46. The van der Waals surface area contributed by atoms with E-state index in [-0.39, 0.29) is 25.7 Å². The molecule has 0 bridgehead atoms. The number of rotatable bonds is 35. The van der Waals surface area contributed by atoms with Gasteiger partial charge in [-0.25, -0.2) is 4.57 Å². The molecule has 0 spiro atoms. The Balaban J connectivity index is 4.33. The summed E-state index contributed by atoms with van der Waals surface area (Å²) in [5, 5.41) is 30.3. The Morgan fingerprint density at radius 1 is 0.604 bits per heavy atom. The first kappa shape index (κ1) is 50.6. The molecule has 0 fully saturated rings. The molecule has 0 rings (SSSR count). The first-order valence-corrected chi connectivity index (χ1v) is 21.4. The number of aliphatic hydroxyl groups excluding tert-OH is 3. The predicted molar refractivity (Wildman–Crippen MR) is 211 cm³/mol. The zero-order valence-electron chi connectivity index (χ0n) is 32.5. The fraction of sp³-hybridized carbons (Fsp3) is 0.707. The van der Waals surface area contributed by atoms with Gasteiger partial charge >= 0.3 is 19.8 Å². The summed E-state index contributed by atoms with van der Waals surface area (Å²) in [7, 11) is -4.85. The van der Waals surface area contributed by atoms with E-state index in [1.165, 1.54) is 44.6 Å². The molecule has 306 valence electrons. The van der Waals surface area contributed by atoms with Gasteiger partial charge in [0.25, 0.3) is 0 Å². The van der Waals surface area contributed by atoms with Crippen LogP contribution in [0.4, 0.5) is 0 Å². The summed E-state index contributed by atoms with van der Waals surface area (Å²) in [6.45, 7) is 3.27. The predicted octanol–water partition coefficient (Wildman–Crippen LogP) is 8.65. The molecule has 0 aliphatic carbocycles. The number of aliphatic hydroxyl groups is 3. The van der Waals surface area contributed by atoms with E-state index in [4.69, 9.17) is 19.3 Å². The van der Waals surface area contributed by atoms with Gasteiger partial charge in [-0.15, -0.1) is 0 Å². The lowest BCUT2D eigenvalue weighted by atomic mass is 10.1. The van der Waals surface area contributed by atoms with Crippen LogP contribution in [0.25, 0.3) is 0 Å². The maximum absolute atomic E-state index is 12.4. The van der Waals surface area contributed by atoms with Crippen LogP contribution in [0.3, 0.4) is 0 Å². The first-order valence-electron chi connectivity index (χ1n) is 19.9. The Morgan fingerprint density at radius 2 is 1.13 bits per heavy atom. The number of ether oxygens (including phenoxy) is 2. The summed E-state index contributed by atoms with van der Waals surface area (Å²) in [4.78, 5) is 42.8. The number of carbonyl (C=O) groups excluding carboxylic acids is 2. The van der Waals surface area contributed by atoms with Gasteiger partial charge in [-0.3, -0.25) is 14.1 Å². The Kier molecular flexibility index (Phi) is 33.8. The van der Waals surface area contributed by atoms with Crippen LogP contribution < -0.4 is 0 Å². The number of unbranched alkanes of at least 4 members (excludes halogenated alkanes) is 13. The Hall–Kier alpha value is -2.37. The third-order valence-electron chi connectivity index (χ3n) is 8.38. The van der Waals surface area contributed by atoms with Gasteiger partial charge in [-0.1, -0.05) is 145 Å². The normalized spacial score (nSPS) is 14.9. The molecule has 0 aromatic carbocycles. The number of phosphoric ester groups is 1. The summed E-state index contributed by atoms with van der Waals surface area (Å²) in [6.07, 6.45) is 33.1. The van der Waals surface area contributed by atoms with Crippen molar-refractivity contribution in [2.45, 2.75) is 173 Å². The molecule has 0 heterocycles. The maximum Gasteiger partial charge on any atom is 0.469 e. The molecule has 0 aliphatic heterocycles. The van der Waals surface area contributed by atoms with Crippen molar-refractivity contribution in [2.75, 3.05) is 13.2 Å². The van der Waals surface area contributed by atoms with E-state index in [0.29, 0.717) is 6.42 Å². The third kappa shape index (κ3) is 36.4. The van der Waals surface area contributed by atoms with E-state index < -0.39 is 57.4 Å². The van der Waals surface area contributed by atoms with E-state index in [2.05, 4.69) is 30.5 Å². The lowest BCUT2D eigenvalue weighted by Gasteiger charge is -2.19. The summed E-state index contributed by atoms with van der Waals surface area (Å²) in [5.74, 6) is -1.23. The molecule has 0 amide bonds. The van der Waals surface area contributed by atoms with E-state index in [1.54, 1.807) is 42.5 Å². The van der Waals surface area contributed by atoms with Crippen molar-refractivity contribution in [3.05, 3.63) is 60.8 Å². The van der Waals surface area contributed by atoms with Gasteiger partial charge in [0, 0.05) is 12.8 Å². The zero-order valence-corrected chi connectivity index (χ0v) is 33.4. The van der Waals surface area contributed by atoms with Crippen molar-refractivity contribution in [1.29, 1.82) is 0 Å². The highest BCUT2D eigenvalue weighted by Gasteiger charge is 2.23. The fourth-order valence-corrected chi connectivity index (χ4v) is 5.58. The van der Waals surface area contributed by atoms with E-state index in [9.17, 15) is 29.5 Å². The number of hydrogen-bond donors (Lipinski definition) is 5. The van der Waals surface area contributed by atoms with E-state index >= 15 is 0 Å². The van der Waals surface area contributed by atoms with E-state index in [0.717, 1.165) is 64.2 Å². The molecule has 12 heteroatoms. The topological polar surface area (TPSA) is 180 Å². The highest BCUT2D eigenvalue weighted by atomic mass is 31.2. The van der Waals surface area contributed by atoms with Crippen LogP contribution in [0.1, 0.15) is 149 Å². The lowest BCUT2D eigenvalue weighted by Crippen LogP contribution is -2.29. The van der Waals surface area contributed by atoms with Crippen LogP contribution in [0.2, 0.25) is 0 Å². The third-order valence-corrected chi connectivity index (χ3v) is 8.86. The zero-order chi connectivity index (χ0) is 39.4. The van der Waals surface area contributed by atoms with Crippen LogP contribution in [0.15, 0.2) is 60.8 Å². The molecule has 0 aromatic heterocycles. The van der Waals surface area contributed by atoms with Crippen molar-refractivity contribution >= 4 is 19.8 Å². The number of carbonyl (C=O) groups is 2. The van der Waals surface area contributed by atoms with Gasteiger partial charge < -0.3 is 34.6 Å². The quantitative estimate of drug-likeness (QED) is 0.0137. The second kappa shape index (κ2) is 35.3. The Morgan fingerprint density at radius 3 is 1.75 bits per heavy atom. The van der Waals surface area contributed by atoms with Crippen molar-refractivity contribution in [3.8, 4) is 0 Å². The highest BCUT2D eigenvalue weighted by Crippen LogP contribution is 2.36. The summed E-state index contributed by atoms with van der Waals surface area (Å²) < 4.78 is 26.1. The van der Waals surface area contributed by atoms with E-state index in [1.807, 2.05) is 0 Å². The standard InChI is InChI=1S/C41H71O11P/c1-3-5-7-8-9-10-11-12-13-14-15-16-17-22-26-32-40(45)50-34-37(35-51-53(47,48)49)52-41(46)33-27-31-39(44)38(43)30-25-21-19-18-20-24-29-36(42)28-23-6-4-2/h12-13,18-21,24-25,29-30,36-39,42-44H,3-11,14-17,22-23,26-28,31-35H2,1-2H3,(H2,47,48,49)/b13-12-,20-18-,21-19+,29-24+,30-25+/t36-,37+,38-,39-/m0/s1. The number of hydrogen-bond acceptors (Lipinski definition) is 9. The molecule has 0 aliphatic rings. The summed E-state index contributed by atoms with van der Waals surface area (Å²) >= 11 is 0. The molecule has 53 heavy (non-hydrogen) atoms. The monoisotopic (exact) mass is 770 g/mol. The molecule has 4 atom stereocenters. The van der Waals surface area contributed by atoms with Crippen molar-refractivity contribution in [2.24, 2.45) is 0 Å². The van der Waals surface area contributed by atoms with Gasteiger partial charge in [0.15, 0.2) is 6.10 Å². The molecule has 0 aromatic rings. The SMILES string of the molecule is CCCCCCCC/C=C\CCCCCCCC(=O)OC[C@H](COP(=O)(O)O)OC(=O)CCC[C@H](O)[C@@H](O)/C=C/C=C/C=C\C=C\[C@@H](O)CCCCC. The minimum absolute atomic E-state index is 0.0875. The second-order valence-corrected chi connectivity index (χ2v) is 14.7. The molecule has 0 radical (unpaired) electrons. The van der Waals surface area contributed by atoms with Crippen LogP contribution in [-0.4, -0.2) is 74.7 Å². The van der Waals surface area contributed by atoms with Crippen LogP contribution in [0.5, 0.6) is 0 Å². The lowest BCUT2D eigenvalue weighted by molar-refractivity contribution is -0.161. The van der Waals surface area contributed by atoms with Crippen molar-refractivity contribution < 1.29 is 53.3 Å². The summed E-state index contributed by atoms with van der Waals surface area (Å²) in [6, 6.07) is 0. The van der Waals surface area contributed by atoms with Gasteiger partial charge in [0.2, 0.25) is 0 Å². The molecular weight excluding hydrogens is 699 g/mol. The van der Waals surface area contributed by atoms with Crippen LogP contribution in [-0.2, 0) is 28.2 Å². The maximum atomic E-state index is 12.4. The van der Waals surface area contributed by atoms with Gasteiger partial charge in [-0.2, -0.15) is 0 Å². The average Bonchev–Trinajstić information content (AvgIpc) is 3.11. The summed E-state index contributed by atoms with van der Waals surface area (Å²) in [5.41, 5.74) is 0. The molecule has 0 saturated carbocycles. The number of allylic oxidation sites excluding steroid dienone is 8. The molecule has 11 nitrogen and oxygen atoms in total. The average molecular weight is 771 g/mol. The largest absolute Gasteiger partial charge is 0.469 e. The van der Waals surface area contributed by atoms with Crippen molar-refractivity contribution in [1.82, 2.24) is 0 Å². The molecular formula is C41H71O11P. The molecule has 0 saturated heterocycles. The molecule has 5 N–H and O–H groups in total. The smallest absolute Gasteiger partial charge is 0.462 e. The number of phosphoric acid groups is 1. The second-order valence-electron chi connectivity index (χ2n) is 13.5. The minimum atomic E-state index is -4.85. The molecule has 0 unspecified atom stereocenters. The van der Waals surface area contributed by atoms with Crippen LogP contribution >= 0.6 is 7.82 Å². The first-order chi connectivity index (χ1) is 25.5. The Bertz CT molecular complexity index is 1100. The van der Waals surface area contributed by atoms with Gasteiger partial charge in [-0.05, 0) is 51.4 Å².